The van der Waals surface area contributed by atoms with Crippen molar-refractivity contribution in [1.29, 1.82) is 0 Å². The van der Waals surface area contributed by atoms with Gasteiger partial charge >= 0.3 is 0 Å². The van der Waals surface area contributed by atoms with E-state index in [0.717, 1.165) is 40.9 Å². The molecule has 6 nitrogen and oxygen atoms in total. The first-order valence-corrected chi connectivity index (χ1v) is 7.54. The third-order valence-corrected chi connectivity index (χ3v) is 3.96. The van der Waals surface area contributed by atoms with Crippen LogP contribution >= 0.6 is 0 Å². The lowest BCUT2D eigenvalue weighted by Crippen LogP contribution is -2.44. The molecule has 2 aromatic rings. The summed E-state index contributed by atoms with van der Waals surface area (Å²) in [5.74, 6) is 6.88. The Morgan fingerprint density at radius 3 is 2.83 bits per heavy atom. The Labute approximate surface area is 135 Å². The maximum absolute atomic E-state index is 6.06. The van der Waals surface area contributed by atoms with Crippen molar-refractivity contribution in [1.82, 2.24) is 15.3 Å². The minimum Gasteiger partial charge on any atom is -0.397 e. The predicted octanol–water partition coefficient (Wildman–Crippen LogP) is 1.44. The minimum atomic E-state index is 0.470. The Balaban J connectivity index is 1.86. The van der Waals surface area contributed by atoms with Crippen LogP contribution in [-0.2, 0) is 0 Å². The Hall–Kier alpha value is -2.57. The molecule has 1 aliphatic rings. The molecular weight excluding hydrogens is 288 g/mol. The highest BCUT2D eigenvalue weighted by Gasteiger charge is 2.20. The number of rotatable bonds is 5. The van der Waals surface area contributed by atoms with Gasteiger partial charge in [-0.1, -0.05) is 18.7 Å². The number of hydrogen-bond donors (Lipinski definition) is 4. The number of aromatic nitrogens is 1. The summed E-state index contributed by atoms with van der Waals surface area (Å²) in [5, 5.41) is 10.1. The van der Waals surface area contributed by atoms with Crippen LogP contribution in [0, 0.1) is 5.92 Å². The molecule has 0 aliphatic carbocycles. The van der Waals surface area contributed by atoms with E-state index in [1.54, 1.807) is 13.2 Å². The SMILES string of the molecule is C=C(Nc1cc2cc(/C(N)=C/N(C)N)ccc2cn1)C1CNC1. The smallest absolute Gasteiger partial charge is 0.130 e. The van der Waals surface area contributed by atoms with Crippen LogP contribution in [0.1, 0.15) is 5.56 Å². The van der Waals surface area contributed by atoms with Crippen LogP contribution in [0.2, 0.25) is 0 Å². The van der Waals surface area contributed by atoms with Crippen LogP contribution in [0.4, 0.5) is 5.82 Å². The lowest BCUT2D eigenvalue weighted by atomic mass is 10.0. The number of pyridine rings is 1. The molecule has 1 fully saturated rings. The zero-order valence-corrected chi connectivity index (χ0v) is 13.2. The molecule has 0 atom stereocenters. The summed E-state index contributed by atoms with van der Waals surface area (Å²) in [5.41, 5.74) is 8.60. The summed E-state index contributed by atoms with van der Waals surface area (Å²) in [6.07, 6.45) is 3.54. The zero-order chi connectivity index (χ0) is 16.4. The van der Waals surface area contributed by atoms with Gasteiger partial charge in [0.1, 0.15) is 5.82 Å². The Morgan fingerprint density at radius 1 is 1.39 bits per heavy atom. The number of nitrogens with two attached hydrogens (primary N) is 2. The van der Waals surface area contributed by atoms with Crippen LogP contribution in [0.15, 0.2) is 48.9 Å². The molecule has 1 aromatic carbocycles. The van der Waals surface area contributed by atoms with E-state index in [9.17, 15) is 0 Å². The predicted molar refractivity (Wildman–Crippen MR) is 95.0 cm³/mol. The topological polar surface area (TPSA) is 92.2 Å². The fraction of sp³-hybridized carbons (Fsp3) is 0.235. The van der Waals surface area contributed by atoms with Gasteiger partial charge in [0.15, 0.2) is 0 Å². The van der Waals surface area contributed by atoms with Crippen LogP contribution < -0.4 is 22.2 Å². The summed E-state index contributed by atoms with van der Waals surface area (Å²) in [7, 11) is 1.74. The van der Waals surface area contributed by atoms with E-state index in [1.807, 2.05) is 30.5 Å². The highest BCUT2D eigenvalue weighted by molar-refractivity contribution is 5.87. The number of fused-ring (bicyclic) bond motifs is 1. The molecule has 1 aromatic heterocycles. The third kappa shape index (κ3) is 3.44. The molecule has 2 heterocycles. The van der Waals surface area contributed by atoms with Gasteiger partial charge in [-0.2, -0.15) is 0 Å². The first-order chi connectivity index (χ1) is 11.0. The molecule has 120 valence electrons. The van der Waals surface area contributed by atoms with Gasteiger partial charge in [-0.05, 0) is 23.1 Å². The fourth-order valence-corrected chi connectivity index (χ4v) is 2.48. The normalized spacial score (nSPS) is 15.3. The van der Waals surface area contributed by atoms with Crippen molar-refractivity contribution in [2.24, 2.45) is 17.5 Å². The van der Waals surface area contributed by atoms with E-state index in [4.69, 9.17) is 11.6 Å². The summed E-state index contributed by atoms with van der Waals surface area (Å²) in [6.45, 7) is 6.03. The van der Waals surface area contributed by atoms with Gasteiger partial charge in [0.2, 0.25) is 0 Å². The Kier molecular flexibility index (Phi) is 4.18. The standard InChI is InChI=1S/C17H22N6/c1-11(15-7-20-8-15)22-17-6-14-5-12(16(18)10-23(2)19)3-4-13(14)9-21-17/h3-6,9-10,15,20H,1,7-8,18-19H2,2H3,(H,21,22)/b16-10-. The van der Waals surface area contributed by atoms with E-state index >= 15 is 0 Å². The molecule has 23 heavy (non-hydrogen) atoms. The highest BCUT2D eigenvalue weighted by atomic mass is 15.4. The quantitative estimate of drug-likeness (QED) is 0.493. The zero-order valence-electron chi connectivity index (χ0n) is 13.2. The molecule has 3 rings (SSSR count). The van der Waals surface area contributed by atoms with Gasteiger partial charge in [-0.15, -0.1) is 0 Å². The summed E-state index contributed by atoms with van der Waals surface area (Å²) in [6, 6.07) is 8.01. The molecule has 1 saturated heterocycles. The molecular formula is C17H22N6. The number of nitrogens with zero attached hydrogens (tertiary/aromatic N) is 2. The van der Waals surface area contributed by atoms with E-state index < -0.39 is 0 Å². The van der Waals surface area contributed by atoms with Crippen molar-refractivity contribution in [3.63, 3.8) is 0 Å². The molecule has 0 radical (unpaired) electrons. The fourth-order valence-electron chi connectivity index (χ4n) is 2.48. The summed E-state index contributed by atoms with van der Waals surface area (Å²) >= 11 is 0. The molecule has 0 unspecified atom stereocenters. The maximum atomic E-state index is 6.06. The number of hydrazine groups is 1. The molecule has 0 bridgehead atoms. The van der Waals surface area contributed by atoms with E-state index in [2.05, 4.69) is 22.2 Å². The average Bonchev–Trinajstić information content (AvgIpc) is 2.43. The van der Waals surface area contributed by atoms with Gasteiger partial charge in [-0.3, -0.25) is 0 Å². The third-order valence-electron chi connectivity index (χ3n) is 3.96. The van der Waals surface area contributed by atoms with E-state index in [1.165, 1.54) is 5.01 Å². The van der Waals surface area contributed by atoms with Crippen LogP contribution in [-0.4, -0.2) is 30.1 Å². The van der Waals surface area contributed by atoms with Crippen molar-refractivity contribution in [2.45, 2.75) is 0 Å². The Morgan fingerprint density at radius 2 is 2.17 bits per heavy atom. The van der Waals surface area contributed by atoms with Gasteiger partial charge in [0.05, 0.1) is 5.70 Å². The monoisotopic (exact) mass is 310 g/mol. The summed E-state index contributed by atoms with van der Waals surface area (Å²) < 4.78 is 0. The molecule has 0 amide bonds. The van der Waals surface area contributed by atoms with E-state index in [0.29, 0.717) is 11.6 Å². The van der Waals surface area contributed by atoms with Gasteiger partial charge < -0.3 is 21.4 Å². The highest BCUT2D eigenvalue weighted by Crippen LogP contribution is 2.23. The summed E-state index contributed by atoms with van der Waals surface area (Å²) in [4.78, 5) is 4.44. The van der Waals surface area contributed by atoms with Gasteiger partial charge in [-0.25, -0.2) is 10.8 Å². The molecule has 1 aliphatic heterocycles. The van der Waals surface area contributed by atoms with Gasteiger partial charge in [0, 0.05) is 49.5 Å². The second-order valence-electron chi connectivity index (χ2n) is 5.89. The molecule has 6 N–H and O–H groups in total. The second-order valence-corrected chi connectivity index (χ2v) is 5.89. The Bertz CT molecular complexity index is 761. The maximum Gasteiger partial charge on any atom is 0.130 e. The number of nitrogens with one attached hydrogen (secondary N) is 2. The number of anilines is 1. The minimum absolute atomic E-state index is 0.470. The van der Waals surface area contributed by atoms with Crippen LogP contribution in [0.5, 0.6) is 0 Å². The second kappa shape index (κ2) is 6.28. The van der Waals surface area contributed by atoms with Crippen molar-refractivity contribution in [3.05, 3.63) is 54.5 Å². The van der Waals surface area contributed by atoms with Crippen LogP contribution in [0.3, 0.4) is 0 Å². The lowest BCUT2D eigenvalue weighted by Gasteiger charge is -2.29. The van der Waals surface area contributed by atoms with Crippen molar-refractivity contribution >= 4 is 22.3 Å². The van der Waals surface area contributed by atoms with Crippen molar-refractivity contribution < 1.29 is 0 Å². The van der Waals surface area contributed by atoms with Crippen molar-refractivity contribution in [2.75, 3.05) is 25.5 Å². The first-order valence-electron chi connectivity index (χ1n) is 7.54. The average molecular weight is 310 g/mol. The molecule has 0 saturated carbocycles. The van der Waals surface area contributed by atoms with Gasteiger partial charge in [0.25, 0.3) is 0 Å². The number of hydrogen-bond acceptors (Lipinski definition) is 6. The largest absolute Gasteiger partial charge is 0.397 e. The lowest BCUT2D eigenvalue weighted by molar-refractivity contribution is 0.402. The van der Waals surface area contributed by atoms with Crippen molar-refractivity contribution in [3.8, 4) is 0 Å². The number of benzene rings is 1. The van der Waals surface area contributed by atoms with E-state index in [-0.39, 0.29) is 0 Å². The van der Waals surface area contributed by atoms with Crippen LogP contribution in [0.25, 0.3) is 16.5 Å². The molecule has 6 heteroatoms. The molecule has 0 spiro atoms. The first kappa shape index (κ1) is 15.3.